The fourth-order valence-corrected chi connectivity index (χ4v) is 1.71. The molecule has 0 saturated heterocycles. The zero-order chi connectivity index (χ0) is 12.3. The molecule has 0 fully saturated rings. The van der Waals surface area contributed by atoms with Gasteiger partial charge in [-0.25, -0.2) is 0 Å². The highest BCUT2D eigenvalue weighted by Crippen LogP contribution is 2.23. The number of nitrogens with zero attached hydrogens (tertiary/aromatic N) is 1. The van der Waals surface area contributed by atoms with Gasteiger partial charge in [-0.05, 0) is 18.2 Å². The standard InChI is InChI=1S/C12H10BrN3O/c13-10-4-1-8(2-5-10)12-9(7-15-16-12)3-6-11(14)17/h1-7H,(H2,14,17)(H,15,16)/b6-3-. The summed E-state index contributed by atoms with van der Waals surface area (Å²) in [6.45, 7) is 0. The smallest absolute Gasteiger partial charge is 0.241 e. The third kappa shape index (κ3) is 2.82. The van der Waals surface area contributed by atoms with E-state index >= 15 is 0 Å². The molecule has 0 spiro atoms. The summed E-state index contributed by atoms with van der Waals surface area (Å²) < 4.78 is 1.01. The van der Waals surface area contributed by atoms with Crippen molar-refractivity contribution in [2.75, 3.05) is 0 Å². The molecule has 1 aromatic heterocycles. The number of primary amides is 1. The molecule has 1 amide bonds. The number of nitrogens with two attached hydrogens (primary N) is 1. The van der Waals surface area contributed by atoms with Gasteiger partial charge < -0.3 is 5.73 Å². The number of amides is 1. The van der Waals surface area contributed by atoms with Gasteiger partial charge in [0.05, 0.1) is 11.9 Å². The maximum absolute atomic E-state index is 10.7. The van der Waals surface area contributed by atoms with Gasteiger partial charge in [0, 0.05) is 21.7 Å². The molecule has 1 aromatic carbocycles. The summed E-state index contributed by atoms with van der Waals surface area (Å²) in [5, 5.41) is 6.86. The van der Waals surface area contributed by atoms with Crippen LogP contribution < -0.4 is 5.73 Å². The van der Waals surface area contributed by atoms with E-state index in [2.05, 4.69) is 26.1 Å². The first-order valence-electron chi connectivity index (χ1n) is 4.93. The number of aromatic nitrogens is 2. The number of benzene rings is 1. The molecule has 0 saturated carbocycles. The summed E-state index contributed by atoms with van der Waals surface area (Å²) in [5.41, 5.74) is 7.73. The largest absolute Gasteiger partial charge is 0.366 e. The number of halogens is 1. The lowest BCUT2D eigenvalue weighted by Crippen LogP contribution is -2.05. The maximum atomic E-state index is 10.7. The topological polar surface area (TPSA) is 71.8 Å². The second-order valence-electron chi connectivity index (χ2n) is 3.44. The Morgan fingerprint density at radius 2 is 2.06 bits per heavy atom. The Labute approximate surface area is 107 Å². The predicted molar refractivity (Wildman–Crippen MR) is 70.0 cm³/mol. The molecule has 0 aliphatic carbocycles. The SMILES string of the molecule is NC(=O)/C=C\c1cn[nH]c1-c1ccc(Br)cc1. The van der Waals surface area contributed by atoms with Crippen LogP contribution in [0.1, 0.15) is 5.56 Å². The van der Waals surface area contributed by atoms with Gasteiger partial charge in [0.25, 0.3) is 0 Å². The fraction of sp³-hybridized carbons (Fsp3) is 0. The summed E-state index contributed by atoms with van der Waals surface area (Å²) in [6.07, 6.45) is 4.60. The van der Waals surface area contributed by atoms with Crippen LogP contribution in [0.5, 0.6) is 0 Å². The lowest BCUT2D eigenvalue weighted by molar-refractivity contribution is -0.113. The van der Waals surface area contributed by atoms with Crippen LogP contribution in [0.15, 0.2) is 41.0 Å². The molecule has 86 valence electrons. The summed E-state index contributed by atoms with van der Waals surface area (Å²) in [5.74, 6) is -0.479. The van der Waals surface area contributed by atoms with E-state index < -0.39 is 5.91 Å². The Balaban J connectivity index is 2.36. The average Bonchev–Trinajstić information content (AvgIpc) is 2.75. The first-order valence-corrected chi connectivity index (χ1v) is 5.73. The van der Waals surface area contributed by atoms with Gasteiger partial charge in [-0.15, -0.1) is 0 Å². The molecule has 0 bridgehead atoms. The molecule has 3 N–H and O–H groups in total. The molecule has 0 radical (unpaired) electrons. The third-order valence-corrected chi connectivity index (χ3v) is 2.76. The van der Waals surface area contributed by atoms with Gasteiger partial charge in [-0.2, -0.15) is 5.10 Å². The Morgan fingerprint density at radius 1 is 1.35 bits per heavy atom. The highest BCUT2D eigenvalue weighted by molar-refractivity contribution is 9.10. The molecule has 1 heterocycles. The first-order chi connectivity index (χ1) is 8.16. The van der Waals surface area contributed by atoms with E-state index in [0.29, 0.717) is 0 Å². The minimum atomic E-state index is -0.479. The van der Waals surface area contributed by atoms with Crippen molar-refractivity contribution < 1.29 is 4.79 Å². The van der Waals surface area contributed by atoms with E-state index in [0.717, 1.165) is 21.3 Å². The molecular weight excluding hydrogens is 282 g/mol. The van der Waals surface area contributed by atoms with Crippen molar-refractivity contribution >= 4 is 27.9 Å². The quantitative estimate of drug-likeness (QED) is 0.852. The van der Waals surface area contributed by atoms with Crippen LogP contribution in [-0.4, -0.2) is 16.1 Å². The Hall–Kier alpha value is -1.88. The van der Waals surface area contributed by atoms with E-state index in [-0.39, 0.29) is 0 Å². The second kappa shape index (κ2) is 4.97. The maximum Gasteiger partial charge on any atom is 0.241 e. The van der Waals surface area contributed by atoms with Crippen LogP contribution in [0.2, 0.25) is 0 Å². The predicted octanol–water partition coefficient (Wildman–Crippen LogP) is 2.34. The zero-order valence-corrected chi connectivity index (χ0v) is 10.4. The molecule has 0 unspecified atom stereocenters. The monoisotopic (exact) mass is 291 g/mol. The van der Waals surface area contributed by atoms with Crippen LogP contribution in [0.3, 0.4) is 0 Å². The van der Waals surface area contributed by atoms with E-state index in [1.165, 1.54) is 6.08 Å². The van der Waals surface area contributed by atoms with Crippen LogP contribution in [0, 0.1) is 0 Å². The van der Waals surface area contributed by atoms with Gasteiger partial charge >= 0.3 is 0 Å². The molecule has 5 heteroatoms. The molecule has 0 atom stereocenters. The highest BCUT2D eigenvalue weighted by atomic mass is 79.9. The van der Waals surface area contributed by atoms with Crippen molar-refractivity contribution in [3.63, 3.8) is 0 Å². The van der Waals surface area contributed by atoms with Crippen LogP contribution in [-0.2, 0) is 4.79 Å². The van der Waals surface area contributed by atoms with Gasteiger partial charge in [0.15, 0.2) is 0 Å². The number of carbonyl (C=O) groups is 1. The molecular formula is C12H10BrN3O. The van der Waals surface area contributed by atoms with Crippen LogP contribution in [0.4, 0.5) is 0 Å². The molecule has 0 aliphatic heterocycles. The van der Waals surface area contributed by atoms with E-state index in [1.807, 2.05) is 24.3 Å². The number of aromatic amines is 1. The van der Waals surface area contributed by atoms with Crippen molar-refractivity contribution in [1.82, 2.24) is 10.2 Å². The third-order valence-electron chi connectivity index (χ3n) is 2.23. The molecule has 2 aromatic rings. The van der Waals surface area contributed by atoms with Crippen molar-refractivity contribution in [3.8, 4) is 11.3 Å². The summed E-state index contributed by atoms with van der Waals surface area (Å²) in [7, 11) is 0. The number of carbonyl (C=O) groups excluding carboxylic acids is 1. The van der Waals surface area contributed by atoms with Crippen molar-refractivity contribution in [3.05, 3.63) is 46.6 Å². The Kier molecular flexibility index (Phi) is 3.39. The van der Waals surface area contributed by atoms with Gasteiger partial charge in [0.2, 0.25) is 5.91 Å². The minimum Gasteiger partial charge on any atom is -0.366 e. The van der Waals surface area contributed by atoms with Crippen molar-refractivity contribution in [1.29, 1.82) is 0 Å². The lowest BCUT2D eigenvalue weighted by Gasteiger charge is -1.99. The molecule has 4 nitrogen and oxygen atoms in total. The average molecular weight is 292 g/mol. The lowest BCUT2D eigenvalue weighted by atomic mass is 10.1. The van der Waals surface area contributed by atoms with Gasteiger partial charge in [0.1, 0.15) is 0 Å². The second-order valence-corrected chi connectivity index (χ2v) is 4.36. The normalized spacial score (nSPS) is 10.9. The van der Waals surface area contributed by atoms with Gasteiger partial charge in [-0.1, -0.05) is 28.1 Å². The number of nitrogens with one attached hydrogen (secondary N) is 1. The summed E-state index contributed by atoms with van der Waals surface area (Å²) in [4.78, 5) is 10.7. The minimum absolute atomic E-state index is 0.479. The van der Waals surface area contributed by atoms with Crippen molar-refractivity contribution in [2.45, 2.75) is 0 Å². The fourth-order valence-electron chi connectivity index (χ4n) is 1.44. The summed E-state index contributed by atoms with van der Waals surface area (Å²) >= 11 is 3.38. The number of H-pyrrole nitrogens is 1. The zero-order valence-electron chi connectivity index (χ0n) is 8.85. The van der Waals surface area contributed by atoms with E-state index in [9.17, 15) is 4.79 Å². The van der Waals surface area contributed by atoms with Gasteiger partial charge in [-0.3, -0.25) is 9.89 Å². The number of hydrogen-bond acceptors (Lipinski definition) is 2. The first kappa shape index (κ1) is 11.6. The Morgan fingerprint density at radius 3 is 2.71 bits per heavy atom. The summed E-state index contributed by atoms with van der Waals surface area (Å²) in [6, 6.07) is 7.80. The van der Waals surface area contributed by atoms with E-state index in [4.69, 9.17) is 5.73 Å². The van der Waals surface area contributed by atoms with E-state index in [1.54, 1.807) is 12.3 Å². The number of hydrogen-bond donors (Lipinski definition) is 2. The highest BCUT2D eigenvalue weighted by Gasteiger charge is 2.05. The molecule has 17 heavy (non-hydrogen) atoms. The van der Waals surface area contributed by atoms with Crippen LogP contribution in [0.25, 0.3) is 17.3 Å². The Bertz CT molecular complexity index is 557. The van der Waals surface area contributed by atoms with Crippen LogP contribution >= 0.6 is 15.9 Å². The van der Waals surface area contributed by atoms with Crippen molar-refractivity contribution in [2.24, 2.45) is 5.73 Å². The number of rotatable bonds is 3. The molecule has 0 aliphatic rings. The molecule has 2 rings (SSSR count).